The Kier molecular flexibility index (Phi) is 13.2. The van der Waals surface area contributed by atoms with Gasteiger partial charge < -0.3 is 59.4 Å². The minimum absolute atomic E-state index is 0.0250. The topological polar surface area (TPSA) is 345 Å². The van der Waals surface area contributed by atoms with Crippen LogP contribution >= 0.6 is 0 Å². The van der Waals surface area contributed by atoms with Crippen molar-refractivity contribution in [2.45, 2.75) is 75.3 Å². The van der Waals surface area contributed by atoms with Crippen LogP contribution in [0.5, 0.6) is 17.2 Å². The average molecular weight is 982 g/mol. The Morgan fingerprint density at radius 3 is 1.92 bits per heavy atom. The number of aromatic hydroxyl groups is 2. The summed E-state index contributed by atoms with van der Waals surface area (Å²) in [7, 11) is 1.25. The molecule has 2 fully saturated rings. The molecule has 4 aromatic rings. The van der Waals surface area contributed by atoms with Crippen molar-refractivity contribution < 1.29 is 103 Å². The van der Waals surface area contributed by atoms with E-state index in [-0.39, 0.29) is 34.4 Å². The van der Waals surface area contributed by atoms with Gasteiger partial charge in [-0.15, -0.1) is 0 Å². The van der Waals surface area contributed by atoms with Crippen molar-refractivity contribution in [1.29, 1.82) is 0 Å². The van der Waals surface area contributed by atoms with Gasteiger partial charge in [0.1, 0.15) is 29.0 Å². The normalized spacial score (nSPS) is 22.6. The first-order valence-corrected chi connectivity index (χ1v) is 21.9. The van der Waals surface area contributed by atoms with Gasteiger partial charge in [-0.3, -0.25) is 19.3 Å². The average Bonchev–Trinajstić information content (AvgIpc) is 3.88. The first kappa shape index (κ1) is 49.4. The summed E-state index contributed by atoms with van der Waals surface area (Å²) in [6.45, 7) is 1.29. The van der Waals surface area contributed by atoms with Gasteiger partial charge >= 0.3 is 35.8 Å². The van der Waals surface area contributed by atoms with E-state index in [2.05, 4.69) is 0 Å². The summed E-state index contributed by atoms with van der Waals surface area (Å²) in [5.74, 6) is -13.6. The zero-order valence-corrected chi connectivity index (χ0v) is 37.5. The maximum absolute atomic E-state index is 14.3. The second-order valence-corrected chi connectivity index (χ2v) is 17.3. The van der Waals surface area contributed by atoms with Crippen molar-refractivity contribution in [3.05, 3.63) is 121 Å². The highest BCUT2D eigenvalue weighted by Crippen LogP contribution is 2.53. The second kappa shape index (κ2) is 19.0. The molecule has 22 nitrogen and oxygen atoms in total. The van der Waals surface area contributed by atoms with Crippen molar-refractivity contribution in [2.24, 2.45) is 0 Å². The standard InChI is InChI=1S/C49H43NO21/c1-20-42(71-48(65)24-11-9-22(44(58)59)15-27(24)46(62)63)29(50-12-3-4-13-50)16-33(69-20)70-31-18-49(66,32(51)19-68-47(64)23-10-8-21(43(56)57)14-26(23)45(60)61)17-28-35(31)41(55)37-36(39(28)53)38(52)25-6-5-7-30(67-2)34(25)40(37)54/h5-11,14-15,20,29,31,33,42,53,55,66H,3-4,12-13,16-19H2,1-2H3,(H,56,57)(H,58,59)(H,60,61)(H,62,63)/t20-,29-,31-,33-,42+,49-/m0/s1. The van der Waals surface area contributed by atoms with Crippen molar-refractivity contribution in [2.75, 3.05) is 26.8 Å². The molecule has 0 unspecified atom stereocenters. The highest BCUT2D eigenvalue weighted by atomic mass is 16.7. The summed E-state index contributed by atoms with van der Waals surface area (Å²) in [5, 5.41) is 74.8. The van der Waals surface area contributed by atoms with Gasteiger partial charge in [-0.05, 0) is 75.3 Å². The summed E-state index contributed by atoms with van der Waals surface area (Å²) < 4.78 is 29.2. The van der Waals surface area contributed by atoms with Crippen LogP contribution in [0.2, 0.25) is 0 Å². The molecule has 0 saturated carbocycles. The van der Waals surface area contributed by atoms with Gasteiger partial charge in [0.2, 0.25) is 11.6 Å². The first-order chi connectivity index (χ1) is 33.6. The fraction of sp³-hybridized carbons (Fsp3) is 0.327. The van der Waals surface area contributed by atoms with Crippen LogP contribution in [0.1, 0.15) is 144 Å². The number of carboxylic acids is 4. The molecule has 4 aromatic carbocycles. The Balaban J connectivity index is 1.15. The number of nitrogens with zero attached hydrogens (tertiary/aromatic N) is 1. The summed E-state index contributed by atoms with van der Waals surface area (Å²) in [6, 6.07) is 8.79. The molecular formula is C49H43NO21. The number of ether oxygens (including phenoxy) is 5. The zero-order chi connectivity index (χ0) is 51.4. The number of carbonyl (C=O) groups is 9. The van der Waals surface area contributed by atoms with E-state index in [1.807, 2.05) is 4.90 Å². The van der Waals surface area contributed by atoms with Crippen LogP contribution in [0.15, 0.2) is 54.6 Å². The number of rotatable bonds is 14. The highest BCUT2D eigenvalue weighted by Gasteiger charge is 2.52. The summed E-state index contributed by atoms with van der Waals surface area (Å²) in [6.07, 6.45) is -5.54. The van der Waals surface area contributed by atoms with Crippen LogP contribution in [0.3, 0.4) is 0 Å². The number of phenols is 2. The van der Waals surface area contributed by atoms with Crippen molar-refractivity contribution >= 4 is 53.2 Å². The summed E-state index contributed by atoms with van der Waals surface area (Å²) in [5.41, 5.74) is -8.46. The first-order valence-electron chi connectivity index (χ1n) is 21.9. The molecule has 2 heterocycles. The number of phenolic OH excluding ortho intramolecular Hbond substituents is 2. The Morgan fingerprint density at radius 2 is 1.34 bits per heavy atom. The van der Waals surface area contributed by atoms with Crippen LogP contribution in [-0.2, 0) is 30.2 Å². The molecule has 6 atom stereocenters. The van der Waals surface area contributed by atoms with E-state index in [1.54, 1.807) is 0 Å². The number of methoxy groups -OCH3 is 1. The number of hydrogen-bond donors (Lipinski definition) is 7. The number of ketones is 3. The van der Waals surface area contributed by atoms with E-state index in [9.17, 15) is 78.9 Å². The number of fused-ring (bicyclic) bond motifs is 3. The lowest BCUT2D eigenvalue weighted by molar-refractivity contribution is -0.257. The van der Waals surface area contributed by atoms with Crippen LogP contribution in [0.4, 0.5) is 0 Å². The van der Waals surface area contributed by atoms with Crippen LogP contribution in [0, 0.1) is 0 Å². The number of aliphatic hydroxyl groups is 1. The predicted molar refractivity (Wildman–Crippen MR) is 235 cm³/mol. The molecule has 71 heavy (non-hydrogen) atoms. The molecule has 0 aromatic heterocycles. The van der Waals surface area contributed by atoms with Gasteiger partial charge in [-0.1, -0.05) is 12.1 Å². The lowest BCUT2D eigenvalue weighted by Gasteiger charge is -2.45. The molecule has 0 spiro atoms. The SMILES string of the molecule is COc1cccc2c1C(=O)c1c(O)c3c(c(O)c1C2=O)C[C@@](O)(C(=O)COC(=O)c1ccc(C(=O)O)cc1C(=O)O)C[C@@H]3O[C@H]1C[C@H](N2CCCC2)[C@H](OC(=O)c2ccc(C(=O)O)cc2C(=O)O)[C@H](C)O1. The van der Waals surface area contributed by atoms with E-state index < -0.39 is 165 Å². The van der Waals surface area contributed by atoms with Gasteiger partial charge in [-0.25, -0.2) is 28.8 Å². The van der Waals surface area contributed by atoms with Crippen molar-refractivity contribution in [3.8, 4) is 17.2 Å². The molecule has 2 aliphatic heterocycles. The molecule has 4 aliphatic rings. The molecule has 22 heteroatoms. The molecule has 0 radical (unpaired) electrons. The van der Waals surface area contributed by atoms with Gasteiger partial charge in [0.15, 0.2) is 18.7 Å². The highest BCUT2D eigenvalue weighted by molar-refractivity contribution is 6.31. The van der Waals surface area contributed by atoms with E-state index in [0.29, 0.717) is 19.2 Å². The van der Waals surface area contributed by atoms with Crippen LogP contribution in [-0.4, -0.2) is 151 Å². The molecule has 7 N–H and O–H groups in total. The third-order valence-electron chi connectivity index (χ3n) is 13.2. The van der Waals surface area contributed by atoms with Crippen molar-refractivity contribution in [1.82, 2.24) is 4.90 Å². The van der Waals surface area contributed by atoms with E-state index in [0.717, 1.165) is 43.2 Å². The predicted octanol–water partition coefficient (Wildman–Crippen LogP) is 3.66. The van der Waals surface area contributed by atoms with Crippen molar-refractivity contribution in [3.63, 3.8) is 0 Å². The minimum Gasteiger partial charge on any atom is -0.507 e. The fourth-order valence-electron chi connectivity index (χ4n) is 9.73. The number of carboxylic acid groups (broad SMARTS) is 4. The fourth-order valence-corrected chi connectivity index (χ4v) is 9.73. The Hall–Kier alpha value is -8.05. The lowest BCUT2D eigenvalue weighted by Crippen LogP contribution is -2.56. The number of Topliss-reactive ketones (excluding diaryl/α,β-unsaturated/α-hetero) is 1. The lowest BCUT2D eigenvalue weighted by atomic mass is 9.72. The molecular weight excluding hydrogens is 939 g/mol. The van der Waals surface area contributed by atoms with Gasteiger partial charge in [0.05, 0.1) is 75.4 Å². The Morgan fingerprint density at radius 1 is 0.746 bits per heavy atom. The Labute approximate surface area is 400 Å². The van der Waals surface area contributed by atoms with E-state index in [4.69, 9.17) is 23.7 Å². The smallest absolute Gasteiger partial charge is 0.339 e. The number of likely N-dealkylation sites (tertiary alicyclic amines) is 1. The van der Waals surface area contributed by atoms with E-state index >= 15 is 0 Å². The molecule has 2 aliphatic carbocycles. The largest absolute Gasteiger partial charge is 0.507 e. The number of hydrogen-bond acceptors (Lipinski definition) is 18. The third kappa shape index (κ3) is 8.92. The molecule has 2 saturated heterocycles. The molecule has 8 rings (SSSR count). The molecule has 0 amide bonds. The number of benzene rings is 4. The maximum atomic E-state index is 14.3. The van der Waals surface area contributed by atoms with Gasteiger partial charge in [-0.2, -0.15) is 0 Å². The third-order valence-corrected chi connectivity index (χ3v) is 13.2. The number of aromatic carboxylic acids is 4. The summed E-state index contributed by atoms with van der Waals surface area (Å²) in [4.78, 5) is 119. The van der Waals surface area contributed by atoms with Gasteiger partial charge in [0, 0.05) is 36.0 Å². The Bertz CT molecular complexity index is 2990. The summed E-state index contributed by atoms with van der Waals surface area (Å²) >= 11 is 0. The second-order valence-electron chi connectivity index (χ2n) is 17.3. The maximum Gasteiger partial charge on any atom is 0.339 e. The monoisotopic (exact) mass is 981 g/mol. The number of carbonyl (C=O) groups excluding carboxylic acids is 5. The van der Waals surface area contributed by atoms with E-state index in [1.165, 1.54) is 32.2 Å². The van der Waals surface area contributed by atoms with Crippen LogP contribution in [0.25, 0.3) is 0 Å². The molecule has 0 bridgehead atoms. The van der Waals surface area contributed by atoms with Crippen LogP contribution < -0.4 is 4.74 Å². The minimum atomic E-state index is -2.67. The quantitative estimate of drug-likeness (QED) is 0.0616. The molecule has 370 valence electrons. The zero-order valence-electron chi connectivity index (χ0n) is 37.5. The number of esters is 2. The van der Waals surface area contributed by atoms with Gasteiger partial charge in [0.25, 0.3) is 0 Å².